The Morgan fingerprint density at radius 1 is 1.17 bits per heavy atom. The molecule has 0 bridgehead atoms. The van der Waals surface area contributed by atoms with Gasteiger partial charge in [0.25, 0.3) is 0 Å². The van der Waals surface area contributed by atoms with Crippen LogP contribution >= 0.6 is 0 Å². The number of rotatable bonds is 0. The normalized spacial score (nSPS) is 40.2. The average Bonchev–Trinajstić information content (AvgIpc) is 2.06. The van der Waals surface area contributed by atoms with Crippen LogP contribution < -0.4 is 5.73 Å². The Hall–Kier alpha value is -0.120. The topological polar surface area (TPSA) is 49.5 Å². The molecule has 1 fully saturated rings. The maximum atomic E-state index is 9.88. The number of nitrogens with zero attached hydrogens (tertiary/aromatic N) is 1. The van der Waals surface area contributed by atoms with Crippen molar-refractivity contribution in [2.24, 2.45) is 11.7 Å². The van der Waals surface area contributed by atoms with Gasteiger partial charge in [-0.05, 0) is 33.6 Å². The van der Waals surface area contributed by atoms with Crippen molar-refractivity contribution < 1.29 is 5.21 Å². The van der Waals surface area contributed by atoms with E-state index in [2.05, 4.69) is 6.92 Å². The SMILES string of the molecule is CC1C(N)C(C)(C)N(O)C1(C)C. The van der Waals surface area contributed by atoms with Crippen molar-refractivity contribution in [1.82, 2.24) is 5.06 Å². The minimum absolute atomic E-state index is 0.0255. The monoisotopic (exact) mass is 172 g/mol. The quantitative estimate of drug-likeness (QED) is 0.577. The van der Waals surface area contributed by atoms with Crippen molar-refractivity contribution in [3.8, 4) is 0 Å². The van der Waals surface area contributed by atoms with E-state index < -0.39 is 0 Å². The molecule has 0 amide bonds. The summed E-state index contributed by atoms with van der Waals surface area (Å²) in [6.45, 7) is 10.1. The van der Waals surface area contributed by atoms with Crippen molar-refractivity contribution in [3.05, 3.63) is 0 Å². The number of hydrogen-bond acceptors (Lipinski definition) is 3. The van der Waals surface area contributed by atoms with Gasteiger partial charge in [0.15, 0.2) is 0 Å². The Kier molecular flexibility index (Phi) is 2.02. The van der Waals surface area contributed by atoms with Gasteiger partial charge >= 0.3 is 0 Å². The molecule has 72 valence electrons. The van der Waals surface area contributed by atoms with Crippen molar-refractivity contribution in [3.63, 3.8) is 0 Å². The molecule has 1 aliphatic rings. The second kappa shape index (κ2) is 2.44. The van der Waals surface area contributed by atoms with Gasteiger partial charge in [0.2, 0.25) is 0 Å². The average molecular weight is 172 g/mol. The first kappa shape index (κ1) is 9.96. The zero-order valence-corrected chi connectivity index (χ0v) is 8.63. The van der Waals surface area contributed by atoms with Crippen molar-refractivity contribution in [2.45, 2.75) is 51.7 Å². The second-order valence-electron chi connectivity index (χ2n) is 4.93. The number of hydrogen-bond donors (Lipinski definition) is 2. The van der Waals surface area contributed by atoms with Gasteiger partial charge in [-0.2, -0.15) is 5.06 Å². The smallest absolute Gasteiger partial charge is 0.0564 e. The Labute approximate surface area is 74.5 Å². The summed E-state index contributed by atoms with van der Waals surface area (Å²) in [5.74, 6) is 0.303. The molecule has 0 aromatic carbocycles. The lowest BCUT2D eigenvalue weighted by Crippen LogP contribution is -2.50. The summed E-state index contributed by atoms with van der Waals surface area (Å²) in [5, 5.41) is 11.3. The van der Waals surface area contributed by atoms with Crippen molar-refractivity contribution in [1.29, 1.82) is 0 Å². The fourth-order valence-corrected chi connectivity index (χ4v) is 2.13. The van der Waals surface area contributed by atoms with Crippen molar-refractivity contribution in [2.75, 3.05) is 0 Å². The number of hydroxylamine groups is 2. The second-order valence-corrected chi connectivity index (χ2v) is 4.93. The van der Waals surface area contributed by atoms with E-state index in [1.54, 1.807) is 0 Å². The third-order valence-corrected chi connectivity index (χ3v) is 3.56. The minimum Gasteiger partial charge on any atom is -0.326 e. The maximum absolute atomic E-state index is 9.88. The van der Waals surface area contributed by atoms with Crippen LogP contribution in [0.2, 0.25) is 0 Å². The molecule has 3 nitrogen and oxygen atoms in total. The highest BCUT2D eigenvalue weighted by Crippen LogP contribution is 2.42. The van der Waals surface area contributed by atoms with Crippen LogP contribution in [0.15, 0.2) is 0 Å². The zero-order valence-electron chi connectivity index (χ0n) is 8.63. The van der Waals surface area contributed by atoms with E-state index in [9.17, 15) is 5.21 Å². The highest BCUT2D eigenvalue weighted by Gasteiger charge is 2.54. The van der Waals surface area contributed by atoms with Gasteiger partial charge in [-0.15, -0.1) is 0 Å². The van der Waals surface area contributed by atoms with Crippen LogP contribution in [0.5, 0.6) is 0 Å². The van der Waals surface area contributed by atoms with Gasteiger partial charge < -0.3 is 10.9 Å². The summed E-state index contributed by atoms with van der Waals surface area (Å²) >= 11 is 0. The Morgan fingerprint density at radius 3 is 1.67 bits per heavy atom. The molecular weight excluding hydrogens is 152 g/mol. The van der Waals surface area contributed by atoms with E-state index in [0.717, 1.165) is 0 Å². The summed E-state index contributed by atoms with van der Waals surface area (Å²) < 4.78 is 0. The van der Waals surface area contributed by atoms with Crippen LogP contribution in [0, 0.1) is 5.92 Å². The summed E-state index contributed by atoms with van der Waals surface area (Å²) in [6, 6.07) is 0.0255. The summed E-state index contributed by atoms with van der Waals surface area (Å²) in [6.07, 6.45) is 0. The molecule has 1 rings (SSSR count). The first-order valence-corrected chi connectivity index (χ1v) is 4.47. The molecule has 1 heterocycles. The maximum Gasteiger partial charge on any atom is 0.0564 e. The predicted octanol–water partition coefficient (Wildman–Crippen LogP) is 1.21. The fraction of sp³-hybridized carbons (Fsp3) is 1.00. The van der Waals surface area contributed by atoms with E-state index in [1.807, 2.05) is 27.7 Å². The highest BCUT2D eigenvalue weighted by molar-refractivity contribution is 5.08. The molecule has 1 saturated heterocycles. The third-order valence-electron chi connectivity index (χ3n) is 3.56. The highest BCUT2D eigenvalue weighted by atomic mass is 16.5. The Balaban J connectivity index is 3.03. The Morgan fingerprint density at radius 2 is 1.58 bits per heavy atom. The van der Waals surface area contributed by atoms with Crippen LogP contribution in [0.4, 0.5) is 0 Å². The number of nitrogens with two attached hydrogens (primary N) is 1. The summed E-state index contributed by atoms with van der Waals surface area (Å²) in [7, 11) is 0. The molecule has 0 radical (unpaired) electrons. The van der Waals surface area contributed by atoms with E-state index in [4.69, 9.17) is 5.73 Å². The van der Waals surface area contributed by atoms with Crippen molar-refractivity contribution >= 4 is 0 Å². The van der Waals surface area contributed by atoms with Gasteiger partial charge in [-0.3, -0.25) is 0 Å². The van der Waals surface area contributed by atoms with Gasteiger partial charge in [-0.25, -0.2) is 0 Å². The lowest BCUT2D eigenvalue weighted by Gasteiger charge is -2.35. The van der Waals surface area contributed by atoms with Gasteiger partial charge in [0, 0.05) is 11.6 Å². The first-order valence-electron chi connectivity index (χ1n) is 4.47. The molecular formula is C9H20N2O. The summed E-state index contributed by atoms with van der Waals surface area (Å²) in [5.41, 5.74) is 5.48. The molecule has 3 N–H and O–H groups in total. The van der Waals surface area contributed by atoms with Gasteiger partial charge in [0.1, 0.15) is 0 Å². The van der Waals surface area contributed by atoms with Crippen LogP contribution in [0.3, 0.4) is 0 Å². The molecule has 12 heavy (non-hydrogen) atoms. The predicted molar refractivity (Wildman–Crippen MR) is 48.9 cm³/mol. The standard InChI is InChI=1S/C9H20N2O/c1-6-7(10)9(4,5)11(12)8(6,2)3/h6-7,12H,10H2,1-5H3. The van der Waals surface area contributed by atoms with Crippen LogP contribution in [0.25, 0.3) is 0 Å². The van der Waals surface area contributed by atoms with E-state index in [-0.39, 0.29) is 17.1 Å². The molecule has 0 aromatic rings. The molecule has 3 heteroatoms. The molecule has 0 aliphatic carbocycles. The lowest BCUT2D eigenvalue weighted by atomic mass is 9.85. The minimum atomic E-state index is -0.317. The molecule has 1 aliphatic heterocycles. The van der Waals surface area contributed by atoms with Crippen LogP contribution in [0.1, 0.15) is 34.6 Å². The van der Waals surface area contributed by atoms with E-state index in [0.29, 0.717) is 5.92 Å². The molecule has 0 aromatic heterocycles. The largest absolute Gasteiger partial charge is 0.326 e. The first-order chi connectivity index (χ1) is 5.22. The lowest BCUT2D eigenvalue weighted by molar-refractivity contribution is -0.197. The van der Waals surface area contributed by atoms with E-state index in [1.165, 1.54) is 5.06 Å². The Bertz CT molecular complexity index is 169. The molecule has 2 atom stereocenters. The summed E-state index contributed by atoms with van der Waals surface area (Å²) in [4.78, 5) is 0. The van der Waals surface area contributed by atoms with Gasteiger partial charge in [0.05, 0.1) is 5.54 Å². The van der Waals surface area contributed by atoms with Gasteiger partial charge in [-0.1, -0.05) is 6.92 Å². The van der Waals surface area contributed by atoms with E-state index >= 15 is 0 Å². The zero-order chi connectivity index (χ0) is 9.73. The van der Waals surface area contributed by atoms with Crippen LogP contribution in [-0.2, 0) is 0 Å². The van der Waals surface area contributed by atoms with Crippen LogP contribution in [-0.4, -0.2) is 27.4 Å². The molecule has 2 unspecified atom stereocenters. The molecule has 0 saturated carbocycles. The fourth-order valence-electron chi connectivity index (χ4n) is 2.13. The molecule has 0 spiro atoms. The third kappa shape index (κ3) is 1.00.